The van der Waals surface area contributed by atoms with Gasteiger partial charge in [0.25, 0.3) is 47.3 Å². The number of rotatable bonds is 32. The van der Waals surface area contributed by atoms with E-state index in [1.54, 1.807) is 60.7 Å². The summed E-state index contributed by atoms with van der Waals surface area (Å²) < 4.78 is 94.9. The lowest BCUT2D eigenvalue weighted by molar-refractivity contribution is -0.540. The highest BCUT2D eigenvalue weighted by Gasteiger charge is 2.40. The molecule has 0 radical (unpaired) electrons. The van der Waals surface area contributed by atoms with Crippen LogP contribution in [0.3, 0.4) is 0 Å². The Morgan fingerprint density at radius 3 is 0.597 bits per heavy atom. The summed E-state index contributed by atoms with van der Waals surface area (Å²) in [4.78, 5) is 167. The Kier molecular flexibility index (Phi) is 42.1. The summed E-state index contributed by atoms with van der Waals surface area (Å²) in [5.74, 6) is -13.2. The van der Waals surface area contributed by atoms with E-state index in [-0.39, 0.29) is 123 Å². The number of sulfone groups is 4. The molecule has 4 aliphatic rings. The van der Waals surface area contributed by atoms with Crippen molar-refractivity contribution < 1.29 is 152 Å². The van der Waals surface area contributed by atoms with E-state index < -0.39 is 133 Å². The van der Waals surface area contributed by atoms with Gasteiger partial charge in [0.05, 0.1) is 163 Å². The number of nitrogens with two attached hydrogens (primary N) is 16. The Morgan fingerprint density at radius 2 is 0.410 bits per heavy atom. The zero-order valence-corrected chi connectivity index (χ0v) is 79.7. The van der Waals surface area contributed by atoms with Gasteiger partial charge in [-0.1, -0.05) is 60.7 Å². The number of amides is 8. The number of aliphatic carboxylic acids is 4. The smallest absolute Gasteiger partial charge is 0.338 e. The molecule has 9 aromatic rings. The molecule has 4 heterocycles. The average molecular weight is 2070 g/mol. The van der Waals surface area contributed by atoms with Crippen LogP contribution in [0.1, 0.15) is 109 Å². The maximum absolute atomic E-state index is 13.0. The number of carbonyl (C=O) groups excluding carboxylic acids is 11. The Balaban J connectivity index is 0.000000259. The standard InChI is InChI=1S/C20H13NO6S.3C16H11NO6S.C6H16N6.2C5H14N6.C4H12N6/c22-17(23)11-28(26,27)14-9-7-13(8-10-14)21-19(24)15-5-1-3-12-4-2-6-16(18(12)15)20(21)25;3*18-14(19)9-24(22,23)11-7-5-10(6-8-11)17-15(20)12-3-1-2-4-13(12)16(17)21;7-5(8)11-3-1-2-4-12-6(9)10;2*6-4(7)10-2-1-3-11-5(8)9;5-3(6)9-1-2-10-4(7)8/h1-10H,11H2,(H,22,23);3*1-8H,9H2,(H,18,19);1-4H2,(H4,7,8,11)(H4,9,10,12);2*1-3H2,(H4,6,7,10)(H4,8,9,11);1-2H2,(H4,5,6,9)(H4,7,8,10)/p+5. The molecule has 9 aromatic carbocycles. The van der Waals surface area contributed by atoms with Crippen molar-refractivity contribution in [3.05, 3.63) is 251 Å². The topological polar surface area (TPSA) is 972 Å². The third-order valence-electron chi connectivity index (χ3n) is 19.3. The molecular weight excluding hydrogens is 1960 g/mol. The van der Waals surface area contributed by atoms with E-state index in [2.05, 4.69) is 39.9 Å². The van der Waals surface area contributed by atoms with E-state index in [1.807, 2.05) is 12.1 Å². The largest absolute Gasteiger partial charge is 0.549 e. The number of unbranched alkanes of at least 4 members (excludes halogenated alkanes) is 1. The minimum Gasteiger partial charge on any atom is -0.549 e. The Morgan fingerprint density at radius 1 is 0.236 bits per heavy atom. The number of nitrogens with one attached hydrogen (secondary N) is 8. The average Bonchev–Trinajstić information content (AvgIpc) is 1.28. The molecule has 0 fully saturated rings. The van der Waals surface area contributed by atoms with E-state index >= 15 is 0 Å². The van der Waals surface area contributed by atoms with E-state index in [4.69, 9.17) is 96.8 Å². The lowest BCUT2D eigenvalue weighted by Gasteiger charge is -2.27. The van der Waals surface area contributed by atoms with Crippen molar-refractivity contribution in [3.63, 3.8) is 0 Å². The second-order valence-corrected chi connectivity index (χ2v) is 38.1. The van der Waals surface area contributed by atoms with Gasteiger partial charge >= 0.3 is 53.6 Å². The lowest BCUT2D eigenvalue weighted by Crippen LogP contribution is -2.88. The van der Waals surface area contributed by atoms with E-state index in [0.29, 0.717) is 55.8 Å². The van der Waals surface area contributed by atoms with Crippen LogP contribution in [0.5, 0.6) is 0 Å². The summed E-state index contributed by atoms with van der Waals surface area (Å²) in [5, 5.41) is 41.6. The monoisotopic (exact) mass is 2070 g/mol. The van der Waals surface area contributed by atoms with Crippen LogP contribution in [-0.2, 0) is 58.5 Å². The zero-order valence-electron chi connectivity index (χ0n) is 76.4. The quantitative estimate of drug-likeness (QED) is 0.00806. The van der Waals surface area contributed by atoms with Gasteiger partial charge in [0.15, 0.2) is 45.1 Å². The third-order valence-corrected chi connectivity index (χ3v) is 25.7. The SMILES string of the molecule is NC(N)=[NH+]CCCC[NH+]=C(N)N.NC(N)=[NH+]CCC[NH+]=C(N)N.NC(N)=[NH+]CCC[NH+]=C(N)N.NC(N)=[NH+]CC[NH+]=C(N)N.O=C(O)CS(=O)(=O)c1ccc(N2C(=O)c3cccc4cccc(c34)C2=O)cc1.O=C([O-])CS(=O)(=O)c1ccc(N2C(=O)c3ccccc3C2=O)cc1.O=C([O-])CS(=O)(=O)c1ccc(N2C(=O)c3ccccc3C2=O)cc1.O=C([O-])CS(=O)(=O)c1ccc(N2C(=O)c3ccccc3C2=O)cc1. The van der Waals surface area contributed by atoms with Crippen LogP contribution in [0, 0.1) is 0 Å². The van der Waals surface area contributed by atoms with Crippen LogP contribution in [0.4, 0.5) is 22.7 Å². The molecule has 762 valence electrons. The number of nitrogens with zero attached hydrogens (tertiary/aromatic N) is 4. The molecule has 0 unspecified atom stereocenters. The minimum atomic E-state index is -4.03. The number of carboxylic acids is 4. The molecule has 0 saturated heterocycles. The number of carboxylic acid groups (broad SMARTS) is 4. The normalized spacial score (nSPS) is 12.3. The summed E-state index contributed by atoms with van der Waals surface area (Å²) in [6.45, 7) is 5.58. The van der Waals surface area contributed by atoms with Crippen molar-refractivity contribution >= 4 is 192 Å². The molecule has 56 heteroatoms. The Labute approximate surface area is 821 Å². The molecule has 4 aliphatic heterocycles. The molecule has 0 spiro atoms. The number of benzene rings is 9. The van der Waals surface area contributed by atoms with Crippen LogP contribution in [0.15, 0.2) is 226 Å². The number of hydrogen-bond donors (Lipinski definition) is 25. The summed E-state index contributed by atoms with van der Waals surface area (Å²) in [5.41, 5.74) is 85.5. The van der Waals surface area contributed by atoms with Crippen molar-refractivity contribution in [1.82, 2.24) is 0 Å². The molecule has 52 nitrogen and oxygen atoms in total. The van der Waals surface area contributed by atoms with Crippen LogP contribution in [0.2, 0.25) is 0 Å². The van der Waals surface area contributed by atoms with Crippen LogP contribution < -0.4 is 167 Å². The fourth-order valence-corrected chi connectivity index (χ4v) is 17.1. The van der Waals surface area contributed by atoms with Gasteiger partial charge in [-0.05, 0) is 164 Å². The summed E-state index contributed by atoms with van der Waals surface area (Å²) >= 11 is 0. The van der Waals surface area contributed by atoms with Gasteiger partial charge < -0.3 is 34.8 Å². The number of anilines is 4. The van der Waals surface area contributed by atoms with Gasteiger partial charge in [0, 0.05) is 29.4 Å². The first-order valence-corrected chi connectivity index (χ1v) is 48.7. The van der Waals surface area contributed by atoms with Crippen LogP contribution in [0.25, 0.3) is 10.8 Å². The van der Waals surface area contributed by atoms with Crippen molar-refractivity contribution in [3.8, 4) is 0 Å². The summed E-state index contributed by atoms with van der Waals surface area (Å²) in [7, 11) is -16.1. The molecule has 8 amide bonds. The molecular formula is C88H107N28O24S4+5. The number of imide groups is 4. The predicted molar refractivity (Wildman–Crippen MR) is 517 cm³/mol. The highest BCUT2D eigenvalue weighted by molar-refractivity contribution is 7.93. The molecule has 0 atom stereocenters. The third kappa shape index (κ3) is 33.8. The number of carbonyl (C=O) groups is 12. The van der Waals surface area contributed by atoms with Crippen LogP contribution >= 0.6 is 0 Å². The molecule has 0 aliphatic carbocycles. The molecule has 144 heavy (non-hydrogen) atoms. The first-order chi connectivity index (χ1) is 67.7. The zero-order chi connectivity index (χ0) is 107. The molecule has 41 N–H and O–H groups in total. The fraction of sp³-hybridized carbons (Fsp3) is 0.182. The van der Waals surface area contributed by atoms with Gasteiger partial charge in [-0.15, -0.1) is 0 Å². The number of guanidine groups is 8. The maximum Gasteiger partial charge on any atom is 0.338 e. The highest BCUT2D eigenvalue weighted by Crippen LogP contribution is 2.36. The van der Waals surface area contributed by atoms with Gasteiger partial charge in [0.2, 0.25) is 0 Å². The van der Waals surface area contributed by atoms with Crippen LogP contribution in [-0.4, -0.2) is 233 Å². The Hall–Kier alpha value is -18.4. The lowest BCUT2D eigenvalue weighted by atomic mass is 9.94. The van der Waals surface area contributed by atoms with E-state index in [0.717, 1.165) is 100 Å². The van der Waals surface area contributed by atoms with Gasteiger partial charge in [0.1, 0.15) is 0 Å². The number of hydrogen-bond acceptors (Lipinski definition) is 23. The second kappa shape index (κ2) is 53.0. The summed E-state index contributed by atoms with van der Waals surface area (Å²) in [6.07, 6.45) is 3.65. The molecule has 0 saturated carbocycles. The van der Waals surface area contributed by atoms with E-state index in [1.165, 1.54) is 97.1 Å². The number of fused-ring (bicyclic) bond motifs is 3. The fourth-order valence-electron chi connectivity index (χ4n) is 12.9. The predicted octanol–water partition coefficient (Wildman–Crippen LogP) is -21.1. The van der Waals surface area contributed by atoms with Gasteiger partial charge in [-0.25, -0.2) is 53.3 Å². The first kappa shape index (κ1) is 114. The molecule has 13 rings (SSSR count). The van der Waals surface area contributed by atoms with Gasteiger partial charge in [-0.2, -0.15) is 0 Å². The minimum absolute atomic E-state index is 0.192. The first-order valence-electron chi connectivity index (χ1n) is 42.1. The van der Waals surface area contributed by atoms with E-state index in [9.17, 15) is 107 Å². The highest BCUT2D eigenvalue weighted by atomic mass is 32.2. The van der Waals surface area contributed by atoms with Crippen molar-refractivity contribution in [2.24, 2.45) is 91.7 Å². The maximum atomic E-state index is 13.0. The molecule has 0 bridgehead atoms. The summed E-state index contributed by atoms with van der Waals surface area (Å²) in [6, 6.07) is 49.1. The van der Waals surface area contributed by atoms with Gasteiger partial charge in [-0.3, -0.25) is 175 Å². The van der Waals surface area contributed by atoms with Crippen molar-refractivity contribution in [2.45, 2.75) is 45.3 Å². The second-order valence-electron chi connectivity index (χ2n) is 30.1. The Bertz CT molecular complexity index is 6390. The molecule has 0 aromatic heterocycles. The van der Waals surface area contributed by atoms with Crippen molar-refractivity contribution in [1.29, 1.82) is 0 Å². The van der Waals surface area contributed by atoms with Crippen molar-refractivity contribution in [2.75, 3.05) is 95.0 Å².